The van der Waals surface area contributed by atoms with Gasteiger partial charge in [-0.1, -0.05) is 37.5 Å². The molecule has 0 aliphatic heterocycles. The number of rotatable bonds is 8. The maximum atomic E-state index is 5.61. The van der Waals surface area contributed by atoms with Gasteiger partial charge in [0.15, 0.2) is 5.76 Å². The molecule has 1 aromatic heterocycles. The average molecular weight is 353 g/mol. The van der Waals surface area contributed by atoms with Crippen LogP contribution in [0, 0.1) is 0 Å². The normalized spacial score (nSPS) is 14.8. The molecule has 1 aromatic carbocycles. The Bertz CT molecular complexity index is 571. The molecule has 1 aliphatic carbocycles. The van der Waals surface area contributed by atoms with Crippen molar-refractivity contribution in [2.45, 2.75) is 44.8 Å². The van der Waals surface area contributed by atoms with Gasteiger partial charge >= 0.3 is 0 Å². The second-order valence-electron chi connectivity index (χ2n) is 5.87. The summed E-state index contributed by atoms with van der Waals surface area (Å²) in [6, 6.07) is 12.1. The first-order valence-corrected chi connectivity index (χ1v) is 8.40. The lowest BCUT2D eigenvalue weighted by atomic mass is 9.96. The molecule has 1 saturated carbocycles. The topological polar surface area (TPSA) is 56.5 Å². The van der Waals surface area contributed by atoms with Crippen LogP contribution in [0.1, 0.15) is 37.9 Å². The number of halogens is 1. The first-order chi connectivity index (χ1) is 11.4. The number of aromatic nitrogens is 1. The van der Waals surface area contributed by atoms with Crippen LogP contribution < -0.4 is 14.8 Å². The van der Waals surface area contributed by atoms with E-state index in [1.807, 2.05) is 30.3 Å². The van der Waals surface area contributed by atoms with Crippen LogP contribution in [0.5, 0.6) is 11.6 Å². The van der Waals surface area contributed by atoms with Crippen molar-refractivity contribution in [1.29, 1.82) is 0 Å². The van der Waals surface area contributed by atoms with Crippen LogP contribution >= 0.6 is 12.4 Å². The van der Waals surface area contributed by atoms with Gasteiger partial charge in [-0.2, -0.15) is 0 Å². The Morgan fingerprint density at radius 1 is 1.08 bits per heavy atom. The zero-order valence-electron chi connectivity index (χ0n) is 13.8. The van der Waals surface area contributed by atoms with Gasteiger partial charge in [0.1, 0.15) is 19.0 Å². The summed E-state index contributed by atoms with van der Waals surface area (Å²) in [5.74, 6) is 1.98. The summed E-state index contributed by atoms with van der Waals surface area (Å²) >= 11 is 0. The predicted molar refractivity (Wildman–Crippen MR) is 94.9 cm³/mol. The Morgan fingerprint density at radius 2 is 1.88 bits per heavy atom. The largest absolute Gasteiger partial charge is 0.486 e. The number of para-hydroxylation sites is 1. The third-order valence-corrected chi connectivity index (χ3v) is 4.05. The molecule has 132 valence electrons. The van der Waals surface area contributed by atoms with E-state index in [2.05, 4.69) is 10.5 Å². The first-order valence-electron chi connectivity index (χ1n) is 8.40. The molecular weight excluding hydrogens is 328 g/mol. The average Bonchev–Trinajstić information content (AvgIpc) is 3.07. The lowest BCUT2D eigenvalue weighted by Crippen LogP contribution is -2.34. The van der Waals surface area contributed by atoms with Crippen LogP contribution in [0.15, 0.2) is 40.9 Å². The van der Waals surface area contributed by atoms with Crippen LogP contribution in [0.3, 0.4) is 0 Å². The van der Waals surface area contributed by atoms with Crippen molar-refractivity contribution in [3.05, 3.63) is 42.2 Å². The summed E-state index contributed by atoms with van der Waals surface area (Å²) in [6.07, 6.45) is 6.62. The predicted octanol–water partition coefficient (Wildman–Crippen LogP) is 3.98. The van der Waals surface area contributed by atoms with Gasteiger partial charge in [0, 0.05) is 18.7 Å². The Labute approximate surface area is 149 Å². The fourth-order valence-electron chi connectivity index (χ4n) is 2.83. The molecule has 6 heteroatoms. The number of nitrogens with zero attached hydrogens (tertiary/aromatic N) is 1. The van der Waals surface area contributed by atoms with E-state index in [9.17, 15) is 0 Å². The fourth-order valence-corrected chi connectivity index (χ4v) is 2.83. The molecule has 3 rings (SSSR count). The van der Waals surface area contributed by atoms with Crippen molar-refractivity contribution in [1.82, 2.24) is 10.5 Å². The number of nitrogens with one attached hydrogen (secondary N) is 1. The van der Waals surface area contributed by atoms with Gasteiger partial charge in [0.2, 0.25) is 0 Å². The molecule has 1 N–H and O–H groups in total. The molecule has 0 atom stereocenters. The van der Waals surface area contributed by atoms with Crippen molar-refractivity contribution >= 4 is 12.4 Å². The highest BCUT2D eigenvalue weighted by atomic mass is 35.5. The monoisotopic (exact) mass is 352 g/mol. The van der Waals surface area contributed by atoms with E-state index >= 15 is 0 Å². The third kappa shape index (κ3) is 6.06. The van der Waals surface area contributed by atoms with Gasteiger partial charge in [-0.3, -0.25) is 0 Å². The standard InChI is InChI=1S/C18H24N2O3.ClH/c1-3-7-15(8-4-1)19-11-12-21-18-13-17(23-20-18)14-22-16-9-5-2-6-10-16;/h2,5-6,9-10,13,15,19H,1,3-4,7-8,11-12,14H2;1H. The maximum absolute atomic E-state index is 5.61. The highest BCUT2D eigenvalue weighted by Crippen LogP contribution is 2.17. The van der Waals surface area contributed by atoms with Gasteiger partial charge in [0.25, 0.3) is 5.88 Å². The van der Waals surface area contributed by atoms with E-state index in [1.165, 1.54) is 32.1 Å². The molecule has 0 amide bonds. The molecule has 5 nitrogen and oxygen atoms in total. The third-order valence-electron chi connectivity index (χ3n) is 4.05. The molecule has 1 heterocycles. The van der Waals surface area contributed by atoms with Gasteiger partial charge < -0.3 is 19.3 Å². The Hall–Kier alpha value is -1.72. The molecule has 2 aromatic rings. The summed E-state index contributed by atoms with van der Waals surface area (Å²) in [6.45, 7) is 1.79. The molecule has 1 aliphatic rings. The Morgan fingerprint density at radius 3 is 2.67 bits per heavy atom. The van der Waals surface area contributed by atoms with Crippen molar-refractivity contribution in [2.75, 3.05) is 13.2 Å². The van der Waals surface area contributed by atoms with E-state index in [0.29, 0.717) is 30.9 Å². The van der Waals surface area contributed by atoms with Crippen molar-refractivity contribution < 1.29 is 14.0 Å². The van der Waals surface area contributed by atoms with Gasteiger partial charge in [-0.25, -0.2) is 0 Å². The summed E-state index contributed by atoms with van der Waals surface area (Å²) in [5, 5.41) is 7.45. The minimum Gasteiger partial charge on any atom is -0.486 e. The van der Waals surface area contributed by atoms with E-state index < -0.39 is 0 Å². The highest BCUT2D eigenvalue weighted by molar-refractivity contribution is 5.85. The molecule has 24 heavy (non-hydrogen) atoms. The Kier molecular flexibility index (Phi) is 7.92. The number of ether oxygens (including phenoxy) is 2. The smallest absolute Gasteiger partial charge is 0.254 e. The molecule has 0 radical (unpaired) electrons. The summed E-state index contributed by atoms with van der Waals surface area (Å²) in [5.41, 5.74) is 0. The van der Waals surface area contributed by atoms with Gasteiger partial charge in [-0.05, 0) is 30.1 Å². The number of hydrogen-bond acceptors (Lipinski definition) is 5. The SMILES string of the molecule is Cl.c1ccc(OCc2cc(OCCNC3CCCCC3)no2)cc1. The first kappa shape index (κ1) is 18.6. The Balaban J connectivity index is 0.00000208. The quantitative estimate of drug-likeness (QED) is 0.728. The number of hydrogen-bond donors (Lipinski definition) is 1. The summed E-state index contributed by atoms with van der Waals surface area (Å²) in [4.78, 5) is 0. The lowest BCUT2D eigenvalue weighted by Gasteiger charge is -2.22. The molecule has 1 fully saturated rings. The fraction of sp³-hybridized carbons (Fsp3) is 0.500. The summed E-state index contributed by atoms with van der Waals surface area (Å²) < 4.78 is 16.4. The molecule has 0 unspecified atom stereocenters. The zero-order valence-corrected chi connectivity index (χ0v) is 14.6. The van der Waals surface area contributed by atoms with E-state index in [4.69, 9.17) is 14.0 Å². The molecule has 0 bridgehead atoms. The van der Waals surface area contributed by atoms with E-state index in [-0.39, 0.29) is 12.4 Å². The van der Waals surface area contributed by atoms with Crippen molar-refractivity contribution in [3.63, 3.8) is 0 Å². The highest BCUT2D eigenvalue weighted by Gasteiger charge is 2.12. The molecular formula is C18H25ClN2O3. The van der Waals surface area contributed by atoms with Gasteiger partial charge in [0.05, 0.1) is 0 Å². The molecule has 0 spiro atoms. The maximum Gasteiger partial charge on any atom is 0.254 e. The zero-order chi connectivity index (χ0) is 15.7. The van der Waals surface area contributed by atoms with Gasteiger partial charge in [-0.15, -0.1) is 12.4 Å². The molecule has 0 saturated heterocycles. The second kappa shape index (κ2) is 10.2. The summed E-state index contributed by atoms with van der Waals surface area (Å²) in [7, 11) is 0. The van der Waals surface area contributed by atoms with E-state index in [1.54, 1.807) is 6.07 Å². The number of benzene rings is 1. The van der Waals surface area contributed by atoms with Crippen molar-refractivity contribution in [3.8, 4) is 11.6 Å². The van der Waals surface area contributed by atoms with Crippen molar-refractivity contribution in [2.24, 2.45) is 0 Å². The lowest BCUT2D eigenvalue weighted by molar-refractivity contribution is 0.236. The minimum absolute atomic E-state index is 0. The van der Waals surface area contributed by atoms with Crippen LogP contribution in [0.25, 0.3) is 0 Å². The van der Waals surface area contributed by atoms with Crippen LogP contribution in [-0.2, 0) is 6.61 Å². The van der Waals surface area contributed by atoms with E-state index in [0.717, 1.165) is 12.3 Å². The van der Waals surface area contributed by atoms with Crippen LogP contribution in [-0.4, -0.2) is 24.4 Å². The minimum atomic E-state index is 0. The van der Waals surface area contributed by atoms with Crippen LogP contribution in [0.2, 0.25) is 0 Å². The second-order valence-corrected chi connectivity index (χ2v) is 5.87. The van der Waals surface area contributed by atoms with Crippen LogP contribution in [0.4, 0.5) is 0 Å².